The van der Waals surface area contributed by atoms with Gasteiger partial charge in [-0.3, -0.25) is 9.69 Å². The van der Waals surface area contributed by atoms with Gasteiger partial charge in [0.25, 0.3) is 0 Å². The molecular formula is C26H31FN4OS. The van der Waals surface area contributed by atoms with Gasteiger partial charge in [-0.15, -0.1) is 11.3 Å². The lowest BCUT2D eigenvalue weighted by Gasteiger charge is -2.36. The van der Waals surface area contributed by atoms with Gasteiger partial charge in [-0.25, -0.2) is 9.37 Å². The first-order chi connectivity index (χ1) is 16.2. The number of aromatic nitrogens is 1. The Kier molecular flexibility index (Phi) is 8.44. The predicted octanol–water partition coefficient (Wildman–Crippen LogP) is 4.13. The third-order valence-corrected chi connectivity index (χ3v) is 6.82. The number of carbonyl (C=O) groups excluding carboxylic acids is 1. The van der Waals surface area contributed by atoms with E-state index in [4.69, 9.17) is 0 Å². The quantitative estimate of drug-likeness (QED) is 0.457. The summed E-state index contributed by atoms with van der Waals surface area (Å²) in [6.45, 7) is 6.10. The maximum Gasteiger partial charge on any atom is 0.226 e. The van der Waals surface area contributed by atoms with E-state index in [-0.39, 0.29) is 11.7 Å². The van der Waals surface area contributed by atoms with E-state index in [9.17, 15) is 9.18 Å². The molecule has 5 nitrogen and oxygen atoms in total. The Hall–Kier alpha value is -2.77. The Morgan fingerprint density at radius 1 is 1.00 bits per heavy atom. The highest BCUT2D eigenvalue weighted by Gasteiger charge is 2.16. The van der Waals surface area contributed by atoms with Crippen LogP contribution in [0.5, 0.6) is 0 Å². The van der Waals surface area contributed by atoms with Crippen molar-refractivity contribution in [3.05, 3.63) is 82.1 Å². The molecule has 1 aromatic heterocycles. The molecule has 174 valence electrons. The molecule has 0 spiro atoms. The van der Waals surface area contributed by atoms with Crippen LogP contribution in [0.25, 0.3) is 0 Å². The van der Waals surface area contributed by atoms with E-state index in [0.29, 0.717) is 19.4 Å². The Labute approximate surface area is 199 Å². The first-order valence-corrected chi connectivity index (χ1v) is 12.5. The number of rotatable bonds is 10. The van der Waals surface area contributed by atoms with Gasteiger partial charge in [0.1, 0.15) is 5.82 Å². The van der Waals surface area contributed by atoms with Crippen LogP contribution in [0.4, 0.5) is 10.1 Å². The van der Waals surface area contributed by atoms with E-state index in [1.807, 2.05) is 5.38 Å². The Bertz CT molecular complexity index is 1000. The zero-order chi connectivity index (χ0) is 22.9. The molecule has 1 amide bonds. The zero-order valence-electron chi connectivity index (χ0n) is 18.9. The van der Waals surface area contributed by atoms with Gasteiger partial charge in [0.05, 0.1) is 17.1 Å². The molecule has 1 saturated heterocycles. The van der Waals surface area contributed by atoms with Gasteiger partial charge in [0.15, 0.2) is 0 Å². The van der Waals surface area contributed by atoms with Crippen molar-refractivity contribution in [1.82, 2.24) is 15.2 Å². The van der Waals surface area contributed by atoms with Gasteiger partial charge < -0.3 is 10.2 Å². The van der Waals surface area contributed by atoms with Crippen molar-refractivity contribution < 1.29 is 9.18 Å². The molecule has 0 radical (unpaired) electrons. The SMILES string of the molecule is O=C(Cc1csc(Cc2ccc(F)cc2)n1)NCCCCN1CCN(c2ccccc2)CC1. The summed E-state index contributed by atoms with van der Waals surface area (Å²) < 4.78 is 13.0. The van der Waals surface area contributed by atoms with Crippen molar-refractivity contribution in [1.29, 1.82) is 0 Å². The number of nitrogens with zero attached hydrogens (tertiary/aromatic N) is 3. The molecule has 1 aliphatic rings. The smallest absolute Gasteiger partial charge is 0.226 e. The summed E-state index contributed by atoms with van der Waals surface area (Å²) in [6, 6.07) is 17.1. The van der Waals surface area contributed by atoms with Gasteiger partial charge >= 0.3 is 0 Å². The lowest BCUT2D eigenvalue weighted by Crippen LogP contribution is -2.46. The molecule has 2 aromatic carbocycles. The minimum absolute atomic E-state index is 0.0186. The summed E-state index contributed by atoms with van der Waals surface area (Å²) in [7, 11) is 0. The largest absolute Gasteiger partial charge is 0.369 e. The van der Waals surface area contributed by atoms with Gasteiger partial charge in [-0.05, 0) is 49.2 Å². The van der Waals surface area contributed by atoms with Crippen LogP contribution >= 0.6 is 11.3 Å². The van der Waals surface area contributed by atoms with E-state index < -0.39 is 0 Å². The van der Waals surface area contributed by atoms with E-state index in [1.54, 1.807) is 23.5 Å². The highest BCUT2D eigenvalue weighted by Crippen LogP contribution is 2.17. The van der Waals surface area contributed by atoms with Crippen LogP contribution in [-0.2, 0) is 17.6 Å². The van der Waals surface area contributed by atoms with Crippen molar-refractivity contribution in [3.8, 4) is 0 Å². The van der Waals surface area contributed by atoms with Crippen LogP contribution in [0.2, 0.25) is 0 Å². The van der Waals surface area contributed by atoms with Crippen LogP contribution < -0.4 is 10.2 Å². The Morgan fingerprint density at radius 3 is 2.52 bits per heavy atom. The third-order valence-electron chi connectivity index (χ3n) is 5.93. The molecule has 7 heteroatoms. The predicted molar refractivity (Wildman–Crippen MR) is 132 cm³/mol. The fraction of sp³-hybridized carbons (Fsp3) is 0.385. The normalized spacial score (nSPS) is 14.4. The second kappa shape index (κ2) is 11.9. The maximum absolute atomic E-state index is 13.0. The number of nitrogens with one attached hydrogen (secondary N) is 1. The molecular weight excluding hydrogens is 435 g/mol. The number of carbonyl (C=O) groups is 1. The van der Waals surface area contributed by atoms with Crippen LogP contribution in [0.3, 0.4) is 0 Å². The van der Waals surface area contributed by atoms with E-state index in [0.717, 1.165) is 61.8 Å². The lowest BCUT2D eigenvalue weighted by atomic mass is 10.1. The molecule has 3 aromatic rings. The molecule has 2 heterocycles. The molecule has 0 aliphatic carbocycles. The average Bonchev–Trinajstić information content (AvgIpc) is 3.28. The highest BCUT2D eigenvalue weighted by atomic mass is 32.1. The molecule has 0 bridgehead atoms. The molecule has 1 aliphatic heterocycles. The van der Waals surface area contributed by atoms with Crippen molar-refractivity contribution in [2.45, 2.75) is 25.7 Å². The summed E-state index contributed by atoms with van der Waals surface area (Å²) in [5.74, 6) is -0.217. The number of anilines is 1. The minimum Gasteiger partial charge on any atom is -0.369 e. The zero-order valence-corrected chi connectivity index (χ0v) is 19.7. The van der Waals surface area contributed by atoms with E-state index >= 15 is 0 Å². The minimum atomic E-state index is -0.235. The third kappa shape index (κ3) is 7.37. The summed E-state index contributed by atoms with van der Waals surface area (Å²) in [6.07, 6.45) is 3.04. The second-order valence-electron chi connectivity index (χ2n) is 8.43. The number of piperazine rings is 1. The molecule has 0 unspecified atom stereocenters. The molecule has 0 saturated carbocycles. The fourth-order valence-electron chi connectivity index (χ4n) is 4.07. The topological polar surface area (TPSA) is 48.5 Å². The molecule has 1 fully saturated rings. The summed E-state index contributed by atoms with van der Waals surface area (Å²) >= 11 is 1.54. The summed E-state index contributed by atoms with van der Waals surface area (Å²) in [5, 5.41) is 5.90. The van der Waals surface area contributed by atoms with Gasteiger partial charge in [0.2, 0.25) is 5.91 Å². The molecule has 0 atom stereocenters. The van der Waals surface area contributed by atoms with Crippen LogP contribution in [0.1, 0.15) is 29.1 Å². The van der Waals surface area contributed by atoms with E-state index in [1.165, 1.54) is 17.8 Å². The van der Waals surface area contributed by atoms with Crippen LogP contribution in [-0.4, -0.2) is 55.1 Å². The molecule has 4 rings (SSSR count). The standard InChI is InChI=1S/C26H31FN4OS/c27-22-10-8-21(9-11-22)18-26-29-23(20-33-26)19-25(32)28-12-4-5-13-30-14-16-31(17-15-30)24-6-2-1-3-7-24/h1-3,6-11,20H,4-5,12-19H2,(H,28,32). The Balaban J connectivity index is 1.08. The summed E-state index contributed by atoms with van der Waals surface area (Å²) in [5.41, 5.74) is 3.12. The number of halogens is 1. The number of unbranched alkanes of at least 4 members (excludes halogenated alkanes) is 1. The Morgan fingerprint density at radius 2 is 1.76 bits per heavy atom. The number of benzene rings is 2. The van der Waals surface area contributed by atoms with Crippen molar-refractivity contribution in [2.24, 2.45) is 0 Å². The first-order valence-electron chi connectivity index (χ1n) is 11.6. The average molecular weight is 467 g/mol. The van der Waals surface area contributed by atoms with Crippen molar-refractivity contribution in [3.63, 3.8) is 0 Å². The highest BCUT2D eigenvalue weighted by molar-refractivity contribution is 7.09. The molecule has 1 N–H and O–H groups in total. The van der Waals surface area contributed by atoms with E-state index in [2.05, 4.69) is 50.4 Å². The number of hydrogen-bond acceptors (Lipinski definition) is 5. The summed E-state index contributed by atoms with van der Waals surface area (Å²) in [4.78, 5) is 21.8. The van der Waals surface area contributed by atoms with Gasteiger partial charge in [0, 0.05) is 50.2 Å². The van der Waals surface area contributed by atoms with Crippen molar-refractivity contribution in [2.75, 3.05) is 44.2 Å². The first kappa shape index (κ1) is 23.4. The second-order valence-corrected chi connectivity index (χ2v) is 9.38. The van der Waals surface area contributed by atoms with Crippen molar-refractivity contribution >= 4 is 22.9 Å². The molecule has 33 heavy (non-hydrogen) atoms. The number of thiazole rings is 1. The lowest BCUT2D eigenvalue weighted by molar-refractivity contribution is -0.120. The van der Waals surface area contributed by atoms with Crippen LogP contribution in [0.15, 0.2) is 60.0 Å². The number of hydrogen-bond donors (Lipinski definition) is 1. The fourth-order valence-corrected chi connectivity index (χ4v) is 4.90. The number of amides is 1. The maximum atomic E-state index is 13.0. The number of para-hydroxylation sites is 1. The van der Waals surface area contributed by atoms with Gasteiger partial charge in [-0.1, -0.05) is 30.3 Å². The van der Waals surface area contributed by atoms with Gasteiger partial charge in [-0.2, -0.15) is 0 Å². The monoisotopic (exact) mass is 466 g/mol. The van der Waals surface area contributed by atoms with Crippen LogP contribution in [0, 0.1) is 5.82 Å².